The van der Waals surface area contributed by atoms with Crippen LogP contribution in [0.4, 0.5) is 5.69 Å². The molecule has 0 aliphatic carbocycles. The van der Waals surface area contributed by atoms with Crippen LogP contribution in [0.2, 0.25) is 0 Å². The summed E-state index contributed by atoms with van der Waals surface area (Å²) in [4.78, 5) is 2.48. The van der Waals surface area contributed by atoms with Gasteiger partial charge in [-0.25, -0.2) is 0 Å². The molecule has 1 saturated heterocycles. The topological polar surface area (TPSA) is 33.7 Å². The lowest BCUT2D eigenvalue weighted by molar-refractivity contribution is -0.119. The summed E-state index contributed by atoms with van der Waals surface area (Å²) >= 11 is 0. The second-order valence-electron chi connectivity index (χ2n) is 5.72. The highest BCUT2D eigenvalue weighted by Gasteiger charge is 2.15. The van der Waals surface area contributed by atoms with Gasteiger partial charge < -0.3 is 19.7 Å². The van der Waals surface area contributed by atoms with Gasteiger partial charge in [-0.15, -0.1) is 0 Å². The molecule has 1 aromatic carbocycles. The Labute approximate surface area is 128 Å². The number of piperidine rings is 1. The molecule has 118 valence electrons. The molecule has 1 aliphatic rings. The number of ether oxygens (including phenoxy) is 2. The SMILES string of the molecule is COC(OC)C(C)NCc1ccc(N2CCCCC2)cc1. The molecule has 0 saturated carbocycles. The van der Waals surface area contributed by atoms with Gasteiger partial charge in [-0.1, -0.05) is 12.1 Å². The number of rotatable bonds is 7. The van der Waals surface area contributed by atoms with Crippen LogP contribution in [0.25, 0.3) is 0 Å². The second-order valence-corrected chi connectivity index (χ2v) is 5.72. The standard InChI is InChI=1S/C17H28N2O2/c1-14(17(20-2)21-3)18-13-15-7-9-16(10-8-15)19-11-5-4-6-12-19/h7-10,14,17-18H,4-6,11-13H2,1-3H3. The Morgan fingerprint density at radius 2 is 1.67 bits per heavy atom. The van der Waals surface area contributed by atoms with Crippen molar-refractivity contribution >= 4 is 5.69 Å². The zero-order chi connectivity index (χ0) is 15.1. The van der Waals surface area contributed by atoms with Gasteiger partial charge in [0.2, 0.25) is 0 Å². The van der Waals surface area contributed by atoms with Crippen LogP contribution in [0, 0.1) is 0 Å². The van der Waals surface area contributed by atoms with Crippen molar-refractivity contribution in [1.82, 2.24) is 5.32 Å². The number of nitrogens with zero attached hydrogens (tertiary/aromatic N) is 1. The van der Waals surface area contributed by atoms with Gasteiger partial charge in [0, 0.05) is 39.5 Å². The van der Waals surface area contributed by atoms with Crippen LogP contribution in [0.5, 0.6) is 0 Å². The molecule has 0 aromatic heterocycles. The van der Waals surface area contributed by atoms with Crippen molar-refractivity contribution in [3.8, 4) is 0 Å². The van der Waals surface area contributed by atoms with E-state index in [0.29, 0.717) is 0 Å². The van der Waals surface area contributed by atoms with Crippen LogP contribution in [-0.2, 0) is 16.0 Å². The second kappa shape index (κ2) is 8.37. The van der Waals surface area contributed by atoms with E-state index < -0.39 is 0 Å². The first-order valence-electron chi connectivity index (χ1n) is 7.87. The normalized spacial score (nSPS) is 17.2. The molecule has 21 heavy (non-hydrogen) atoms. The first-order valence-corrected chi connectivity index (χ1v) is 7.87. The lowest BCUT2D eigenvalue weighted by Gasteiger charge is -2.29. The summed E-state index contributed by atoms with van der Waals surface area (Å²) in [6.45, 7) is 5.28. The minimum atomic E-state index is -0.211. The van der Waals surface area contributed by atoms with Crippen LogP contribution in [0.15, 0.2) is 24.3 Å². The molecule has 0 amide bonds. The Kier molecular flexibility index (Phi) is 6.49. The summed E-state index contributed by atoms with van der Waals surface area (Å²) in [6, 6.07) is 9.03. The zero-order valence-corrected chi connectivity index (χ0v) is 13.5. The zero-order valence-electron chi connectivity index (χ0n) is 13.5. The molecular formula is C17H28N2O2. The van der Waals surface area contributed by atoms with Crippen LogP contribution >= 0.6 is 0 Å². The summed E-state index contributed by atoms with van der Waals surface area (Å²) < 4.78 is 10.5. The molecule has 0 spiro atoms. The average Bonchev–Trinajstić information content (AvgIpc) is 2.55. The van der Waals surface area contributed by atoms with Gasteiger partial charge in [0.25, 0.3) is 0 Å². The van der Waals surface area contributed by atoms with E-state index in [-0.39, 0.29) is 12.3 Å². The first kappa shape index (κ1) is 16.3. The lowest BCUT2D eigenvalue weighted by atomic mass is 10.1. The molecule has 0 bridgehead atoms. The van der Waals surface area contributed by atoms with E-state index in [4.69, 9.17) is 9.47 Å². The minimum Gasteiger partial charge on any atom is -0.372 e. The quantitative estimate of drug-likeness (QED) is 0.784. The minimum absolute atomic E-state index is 0.154. The molecule has 4 heteroatoms. The number of anilines is 1. The fraction of sp³-hybridized carbons (Fsp3) is 0.647. The predicted octanol–water partition coefficient (Wildman–Crippen LogP) is 2.77. The summed E-state index contributed by atoms with van der Waals surface area (Å²) in [5, 5.41) is 3.44. The molecule has 1 heterocycles. The van der Waals surface area contributed by atoms with Gasteiger partial charge >= 0.3 is 0 Å². The Morgan fingerprint density at radius 3 is 2.24 bits per heavy atom. The monoisotopic (exact) mass is 292 g/mol. The molecule has 2 rings (SSSR count). The van der Waals surface area contributed by atoms with Gasteiger partial charge in [0.05, 0.1) is 6.04 Å². The third-order valence-corrected chi connectivity index (χ3v) is 4.16. The van der Waals surface area contributed by atoms with E-state index in [0.717, 1.165) is 6.54 Å². The number of benzene rings is 1. The number of hydrogen-bond acceptors (Lipinski definition) is 4. The van der Waals surface area contributed by atoms with E-state index in [1.165, 1.54) is 43.6 Å². The highest BCUT2D eigenvalue weighted by Crippen LogP contribution is 2.20. The molecule has 4 nitrogen and oxygen atoms in total. The van der Waals surface area contributed by atoms with Crippen molar-refractivity contribution in [2.24, 2.45) is 0 Å². The van der Waals surface area contributed by atoms with Crippen LogP contribution in [-0.4, -0.2) is 39.6 Å². The van der Waals surface area contributed by atoms with E-state index in [1.807, 2.05) is 0 Å². The van der Waals surface area contributed by atoms with E-state index in [1.54, 1.807) is 14.2 Å². The lowest BCUT2D eigenvalue weighted by Crippen LogP contribution is -2.39. The molecule has 1 unspecified atom stereocenters. The predicted molar refractivity (Wildman–Crippen MR) is 86.6 cm³/mol. The van der Waals surface area contributed by atoms with Crippen molar-refractivity contribution in [1.29, 1.82) is 0 Å². The van der Waals surface area contributed by atoms with Gasteiger partial charge in [-0.2, -0.15) is 0 Å². The van der Waals surface area contributed by atoms with Gasteiger partial charge in [0.15, 0.2) is 6.29 Å². The van der Waals surface area contributed by atoms with Crippen LogP contribution in [0.1, 0.15) is 31.7 Å². The summed E-state index contributed by atoms with van der Waals surface area (Å²) in [7, 11) is 3.33. The molecular weight excluding hydrogens is 264 g/mol. The number of methoxy groups -OCH3 is 2. The van der Waals surface area contributed by atoms with Crippen molar-refractivity contribution in [3.05, 3.63) is 29.8 Å². The van der Waals surface area contributed by atoms with Gasteiger partial charge in [-0.3, -0.25) is 0 Å². The third kappa shape index (κ3) is 4.70. The smallest absolute Gasteiger partial charge is 0.171 e. The number of nitrogens with one attached hydrogen (secondary N) is 1. The fourth-order valence-corrected chi connectivity index (χ4v) is 2.86. The Morgan fingerprint density at radius 1 is 1.05 bits per heavy atom. The molecule has 1 aliphatic heterocycles. The fourth-order valence-electron chi connectivity index (χ4n) is 2.86. The summed E-state index contributed by atoms with van der Waals surface area (Å²) in [5.41, 5.74) is 2.63. The summed E-state index contributed by atoms with van der Waals surface area (Å²) in [5.74, 6) is 0. The molecule has 0 radical (unpaired) electrons. The Balaban J connectivity index is 1.84. The van der Waals surface area contributed by atoms with E-state index >= 15 is 0 Å². The van der Waals surface area contributed by atoms with Crippen molar-refractivity contribution in [3.63, 3.8) is 0 Å². The maximum absolute atomic E-state index is 5.26. The average molecular weight is 292 g/mol. The van der Waals surface area contributed by atoms with Crippen molar-refractivity contribution < 1.29 is 9.47 Å². The van der Waals surface area contributed by atoms with E-state index in [2.05, 4.69) is 41.4 Å². The first-order chi connectivity index (χ1) is 10.2. The Hall–Kier alpha value is -1.10. The van der Waals surface area contributed by atoms with E-state index in [9.17, 15) is 0 Å². The maximum Gasteiger partial charge on any atom is 0.171 e. The molecule has 1 aromatic rings. The summed E-state index contributed by atoms with van der Waals surface area (Å²) in [6.07, 6.45) is 3.79. The highest BCUT2D eigenvalue weighted by atomic mass is 16.7. The Bertz CT molecular complexity index is 398. The van der Waals surface area contributed by atoms with Crippen molar-refractivity contribution in [2.75, 3.05) is 32.2 Å². The number of hydrogen-bond donors (Lipinski definition) is 1. The highest BCUT2D eigenvalue weighted by molar-refractivity contribution is 5.47. The maximum atomic E-state index is 5.26. The van der Waals surface area contributed by atoms with Crippen molar-refractivity contribution in [2.45, 2.75) is 45.1 Å². The molecule has 1 fully saturated rings. The largest absolute Gasteiger partial charge is 0.372 e. The van der Waals surface area contributed by atoms with Gasteiger partial charge in [-0.05, 0) is 43.9 Å². The van der Waals surface area contributed by atoms with Crippen LogP contribution < -0.4 is 10.2 Å². The molecule has 1 N–H and O–H groups in total. The molecule has 1 atom stereocenters. The van der Waals surface area contributed by atoms with Crippen LogP contribution in [0.3, 0.4) is 0 Å². The third-order valence-electron chi connectivity index (χ3n) is 4.16. The van der Waals surface area contributed by atoms with Gasteiger partial charge in [0.1, 0.15) is 0 Å².